The molecule has 3 rings (SSSR count). The van der Waals surface area contributed by atoms with Crippen LogP contribution in [0.2, 0.25) is 5.02 Å². The van der Waals surface area contributed by atoms with Crippen LogP contribution in [0.4, 0.5) is 0 Å². The van der Waals surface area contributed by atoms with E-state index < -0.39 is 0 Å². The maximum absolute atomic E-state index is 5.94. The Kier molecular flexibility index (Phi) is 2.34. The number of hydrogen-bond acceptors (Lipinski definition) is 2. The van der Waals surface area contributed by atoms with Crippen LogP contribution >= 0.6 is 23.4 Å². The third kappa shape index (κ3) is 1.68. The minimum Gasteiger partial charge on any atom is -0.455 e. The maximum atomic E-state index is 5.94. The highest BCUT2D eigenvalue weighted by molar-refractivity contribution is 7.99. The van der Waals surface area contributed by atoms with Crippen molar-refractivity contribution in [2.75, 3.05) is 0 Å². The largest absolute Gasteiger partial charge is 0.455 e. The first-order chi connectivity index (χ1) is 7.72. The van der Waals surface area contributed by atoms with Gasteiger partial charge < -0.3 is 4.74 Å². The summed E-state index contributed by atoms with van der Waals surface area (Å²) >= 11 is 7.66. The molecule has 0 amide bonds. The van der Waals surface area contributed by atoms with Gasteiger partial charge in [-0.1, -0.05) is 29.4 Å². The Labute approximate surface area is 103 Å². The fourth-order valence-corrected chi connectivity index (χ4v) is 2.85. The highest BCUT2D eigenvalue weighted by Gasteiger charge is 2.17. The fourth-order valence-electron chi connectivity index (χ4n) is 1.66. The van der Waals surface area contributed by atoms with Crippen molar-refractivity contribution in [3.05, 3.63) is 47.0 Å². The number of benzene rings is 2. The molecule has 0 bridgehead atoms. The quantitative estimate of drug-likeness (QED) is 0.559. The lowest BCUT2D eigenvalue weighted by molar-refractivity contribution is 0.454. The molecular formula is C13H9ClOS. The number of ether oxygens (including phenoxy) is 1. The summed E-state index contributed by atoms with van der Waals surface area (Å²) in [7, 11) is 0. The second kappa shape index (κ2) is 3.72. The third-order valence-corrected chi connectivity index (χ3v) is 3.78. The number of aryl methyl sites for hydroxylation is 1. The van der Waals surface area contributed by atoms with Gasteiger partial charge in [-0.2, -0.15) is 0 Å². The molecule has 1 nitrogen and oxygen atoms in total. The van der Waals surface area contributed by atoms with Gasteiger partial charge in [-0.05, 0) is 36.8 Å². The first kappa shape index (κ1) is 10.1. The molecule has 0 fully saturated rings. The predicted molar refractivity (Wildman–Crippen MR) is 66.8 cm³/mol. The van der Waals surface area contributed by atoms with E-state index in [2.05, 4.69) is 19.1 Å². The van der Waals surface area contributed by atoms with Crippen LogP contribution in [-0.2, 0) is 0 Å². The molecule has 0 saturated heterocycles. The SMILES string of the molecule is Cc1ccc2c(c1)Sc1ccc(Cl)cc1O2. The number of rotatable bonds is 0. The van der Waals surface area contributed by atoms with Gasteiger partial charge in [0.15, 0.2) is 0 Å². The van der Waals surface area contributed by atoms with E-state index in [-0.39, 0.29) is 0 Å². The molecule has 16 heavy (non-hydrogen) atoms. The molecule has 0 spiro atoms. The van der Waals surface area contributed by atoms with Crippen LogP contribution in [0.3, 0.4) is 0 Å². The summed E-state index contributed by atoms with van der Waals surface area (Å²) in [5, 5.41) is 0.704. The molecule has 0 N–H and O–H groups in total. The van der Waals surface area contributed by atoms with E-state index in [4.69, 9.17) is 16.3 Å². The van der Waals surface area contributed by atoms with Crippen molar-refractivity contribution < 1.29 is 4.74 Å². The number of fused-ring (bicyclic) bond motifs is 2. The van der Waals surface area contributed by atoms with Crippen LogP contribution in [0.1, 0.15) is 5.56 Å². The second-order valence-corrected chi connectivity index (χ2v) is 5.27. The normalized spacial score (nSPS) is 12.6. The molecule has 0 saturated carbocycles. The Morgan fingerprint density at radius 2 is 1.88 bits per heavy atom. The summed E-state index contributed by atoms with van der Waals surface area (Å²) in [6.07, 6.45) is 0. The van der Waals surface area contributed by atoms with E-state index in [1.807, 2.05) is 24.3 Å². The van der Waals surface area contributed by atoms with E-state index in [0.717, 1.165) is 21.3 Å². The molecule has 1 aliphatic rings. The van der Waals surface area contributed by atoms with Crippen molar-refractivity contribution in [3.63, 3.8) is 0 Å². The smallest absolute Gasteiger partial charge is 0.142 e. The van der Waals surface area contributed by atoms with Gasteiger partial charge in [0.1, 0.15) is 11.5 Å². The topological polar surface area (TPSA) is 9.23 Å². The van der Waals surface area contributed by atoms with Gasteiger partial charge in [-0.25, -0.2) is 0 Å². The van der Waals surface area contributed by atoms with Crippen LogP contribution in [0.5, 0.6) is 11.5 Å². The molecule has 0 atom stereocenters. The van der Waals surface area contributed by atoms with Gasteiger partial charge in [-0.15, -0.1) is 0 Å². The molecule has 0 radical (unpaired) electrons. The van der Waals surface area contributed by atoms with Gasteiger partial charge >= 0.3 is 0 Å². The lowest BCUT2D eigenvalue weighted by Gasteiger charge is -2.19. The summed E-state index contributed by atoms with van der Waals surface area (Å²) in [4.78, 5) is 2.28. The summed E-state index contributed by atoms with van der Waals surface area (Å²) in [5.41, 5.74) is 1.24. The molecule has 3 heteroatoms. The number of hydrogen-bond donors (Lipinski definition) is 0. The summed E-state index contributed by atoms with van der Waals surface area (Å²) in [6.45, 7) is 2.08. The minimum atomic E-state index is 0.704. The predicted octanol–water partition coefficient (Wildman–Crippen LogP) is 4.91. The lowest BCUT2D eigenvalue weighted by atomic mass is 10.2. The van der Waals surface area contributed by atoms with Crippen LogP contribution < -0.4 is 4.74 Å². The van der Waals surface area contributed by atoms with E-state index in [1.165, 1.54) is 5.56 Å². The van der Waals surface area contributed by atoms with Gasteiger partial charge in [-0.3, -0.25) is 0 Å². The van der Waals surface area contributed by atoms with Crippen molar-refractivity contribution in [3.8, 4) is 11.5 Å². The molecule has 2 aromatic carbocycles. The Morgan fingerprint density at radius 3 is 2.75 bits per heavy atom. The van der Waals surface area contributed by atoms with Crippen molar-refractivity contribution in [2.45, 2.75) is 16.7 Å². The second-order valence-electron chi connectivity index (χ2n) is 3.75. The van der Waals surface area contributed by atoms with E-state index in [1.54, 1.807) is 11.8 Å². The summed E-state index contributed by atoms with van der Waals surface area (Å²) in [6, 6.07) is 11.9. The average molecular weight is 249 g/mol. The number of halogens is 1. The van der Waals surface area contributed by atoms with Gasteiger partial charge in [0, 0.05) is 11.1 Å². The Bertz CT molecular complexity index is 514. The summed E-state index contributed by atoms with van der Waals surface area (Å²) in [5.74, 6) is 1.75. The van der Waals surface area contributed by atoms with Crippen LogP contribution in [-0.4, -0.2) is 0 Å². The highest BCUT2D eigenvalue weighted by atomic mass is 35.5. The average Bonchev–Trinajstić information content (AvgIpc) is 2.26. The van der Waals surface area contributed by atoms with Gasteiger partial charge in [0.05, 0.1) is 9.79 Å². The summed E-state index contributed by atoms with van der Waals surface area (Å²) < 4.78 is 5.81. The first-order valence-corrected chi connectivity index (χ1v) is 6.18. The molecule has 1 heterocycles. The lowest BCUT2D eigenvalue weighted by Crippen LogP contribution is -1.95. The Hall–Kier alpha value is -1.12. The van der Waals surface area contributed by atoms with Crippen molar-refractivity contribution in [1.82, 2.24) is 0 Å². The maximum Gasteiger partial charge on any atom is 0.142 e. The Morgan fingerprint density at radius 1 is 1.00 bits per heavy atom. The van der Waals surface area contributed by atoms with E-state index >= 15 is 0 Å². The molecule has 80 valence electrons. The highest BCUT2D eigenvalue weighted by Crippen LogP contribution is 2.47. The zero-order valence-electron chi connectivity index (χ0n) is 8.66. The van der Waals surface area contributed by atoms with Gasteiger partial charge in [0.25, 0.3) is 0 Å². The zero-order valence-corrected chi connectivity index (χ0v) is 10.2. The monoisotopic (exact) mass is 248 g/mol. The molecule has 0 aromatic heterocycles. The van der Waals surface area contributed by atoms with Crippen LogP contribution in [0, 0.1) is 6.92 Å². The standard InChI is InChI=1S/C13H9ClOS/c1-8-2-4-10-13(6-8)16-12-5-3-9(14)7-11(12)15-10/h2-7H,1H3. The fraction of sp³-hybridized carbons (Fsp3) is 0.0769. The van der Waals surface area contributed by atoms with Crippen molar-refractivity contribution >= 4 is 23.4 Å². The van der Waals surface area contributed by atoms with Crippen LogP contribution in [0.15, 0.2) is 46.2 Å². The van der Waals surface area contributed by atoms with Crippen molar-refractivity contribution in [1.29, 1.82) is 0 Å². The zero-order chi connectivity index (χ0) is 11.1. The Balaban J connectivity index is 2.09. The first-order valence-electron chi connectivity index (χ1n) is 4.98. The molecule has 1 aliphatic heterocycles. The van der Waals surface area contributed by atoms with E-state index in [9.17, 15) is 0 Å². The van der Waals surface area contributed by atoms with Crippen molar-refractivity contribution in [2.24, 2.45) is 0 Å². The molecule has 0 aliphatic carbocycles. The minimum absolute atomic E-state index is 0.704. The molecule has 0 unspecified atom stereocenters. The molecular weight excluding hydrogens is 240 g/mol. The molecule has 2 aromatic rings. The van der Waals surface area contributed by atoms with Crippen LogP contribution in [0.25, 0.3) is 0 Å². The van der Waals surface area contributed by atoms with E-state index in [0.29, 0.717) is 5.02 Å². The van der Waals surface area contributed by atoms with Gasteiger partial charge in [0.2, 0.25) is 0 Å². The third-order valence-electron chi connectivity index (χ3n) is 2.44.